The van der Waals surface area contributed by atoms with Crippen molar-refractivity contribution < 1.29 is 14.6 Å². The van der Waals surface area contributed by atoms with Crippen molar-refractivity contribution in [2.24, 2.45) is 5.92 Å². The van der Waals surface area contributed by atoms with Gasteiger partial charge in [-0.2, -0.15) is 0 Å². The number of aliphatic carboxylic acids is 1. The third-order valence-electron chi connectivity index (χ3n) is 4.36. The standard InChI is InChI=1S/C16H17ClN4O2/c1-10-18-19-20-21(10)15-7-5-12(9-14(15)17)13-4-2-3-11(13)6-8-16(22)23/h5-9,11,13H,2-4H2,1H3,(H,22,23)/p+1/b8-6+. The molecule has 2 N–H and O–H groups in total. The molecule has 1 fully saturated rings. The number of carboxylic acid groups (broad SMARTS) is 1. The molecule has 0 amide bonds. The molecule has 1 aromatic heterocycles. The van der Waals surface area contributed by atoms with Crippen LogP contribution in [0, 0.1) is 12.8 Å². The maximum atomic E-state index is 10.7. The zero-order valence-corrected chi connectivity index (χ0v) is 13.5. The molecule has 0 saturated heterocycles. The van der Waals surface area contributed by atoms with E-state index in [2.05, 4.69) is 15.5 Å². The van der Waals surface area contributed by atoms with Gasteiger partial charge in [0.1, 0.15) is 10.8 Å². The SMILES string of the molecule is Cc1nn[nH][n+]1-c1ccc(C2CCCC2/C=C/C(=O)O)cc1Cl. The number of aromatic amines is 1. The molecule has 23 heavy (non-hydrogen) atoms. The van der Waals surface area contributed by atoms with Gasteiger partial charge in [0, 0.05) is 13.0 Å². The number of allylic oxidation sites excluding steroid dienone is 1. The van der Waals surface area contributed by atoms with Gasteiger partial charge in [-0.3, -0.25) is 0 Å². The largest absolute Gasteiger partial charge is 0.478 e. The fourth-order valence-corrected chi connectivity index (χ4v) is 3.53. The van der Waals surface area contributed by atoms with Crippen LogP contribution < -0.4 is 4.68 Å². The van der Waals surface area contributed by atoms with E-state index in [4.69, 9.17) is 16.7 Å². The van der Waals surface area contributed by atoms with Gasteiger partial charge < -0.3 is 5.11 Å². The van der Waals surface area contributed by atoms with Crippen LogP contribution in [0.4, 0.5) is 0 Å². The van der Waals surface area contributed by atoms with E-state index in [1.807, 2.05) is 25.1 Å². The summed E-state index contributed by atoms with van der Waals surface area (Å²) in [4.78, 5) is 10.7. The van der Waals surface area contributed by atoms with Crippen molar-refractivity contribution >= 4 is 17.6 Å². The van der Waals surface area contributed by atoms with Gasteiger partial charge in [0.25, 0.3) is 0 Å². The van der Waals surface area contributed by atoms with Crippen molar-refractivity contribution in [1.82, 2.24) is 15.5 Å². The van der Waals surface area contributed by atoms with Crippen LogP contribution in [-0.4, -0.2) is 26.6 Å². The average Bonchev–Trinajstić information content (AvgIpc) is 3.14. The molecule has 2 atom stereocenters. The van der Waals surface area contributed by atoms with Crippen molar-refractivity contribution in [3.8, 4) is 5.69 Å². The number of tetrazole rings is 1. The summed E-state index contributed by atoms with van der Waals surface area (Å²) in [6.45, 7) is 1.84. The molecule has 7 heteroatoms. The number of nitrogens with zero attached hydrogens (tertiary/aromatic N) is 3. The summed E-state index contributed by atoms with van der Waals surface area (Å²) in [6, 6.07) is 5.95. The molecule has 1 heterocycles. The summed E-state index contributed by atoms with van der Waals surface area (Å²) in [7, 11) is 0. The summed E-state index contributed by atoms with van der Waals surface area (Å²) in [6.07, 6.45) is 6.19. The molecule has 1 aliphatic rings. The van der Waals surface area contributed by atoms with Crippen LogP contribution >= 0.6 is 11.6 Å². The zero-order valence-electron chi connectivity index (χ0n) is 12.7. The van der Waals surface area contributed by atoms with E-state index in [1.165, 1.54) is 6.08 Å². The molecule has 0 radical (unpaired) electrons. The predicted octanol–water partition coefficient (Wildman–Crippen LogP) is 2.57. The number of rotatable bonds is 4. The van der Waals surface area contributed by atoms with E-state index in [9.17, 15) is 4.79 Å². The maximum Gasteiger partial charge on any atom is 0.327 e. The lowest BCUT2D eigenvalue weighted by Gasteiger charge is -2.17. The minimum absolute atomic E-state index is 0.247. The highest BCUT2D eigenvalue weighted by atomic mass is 35.5. The van der Waals surface area contributed by atoms with E-state index in [-0.39, 0.29) is 5.92 Å². The predicted molar refractivity (Wildman–Crippen MR) is 84.5 cm³/mol. The summed E-state index contributed by atoms with van der Waals surface area (Å²) in [5.74, 6) is 0.379. The minimum Gasteiger partial charge on any atom is -0.478 e. The second-order valence-corrected chi connectivity index (χ2v) is 6.20. The average molecular weight is 334 g/mol. The van der Waals surface area contributed by atoms with Crippen LogP contribution in [0.1, 0.15) is 36.6 Å². The molecule has 2 unspecified atom stereocenters. The van der Waals surface area contributed by atoms with Gasteiger partial charge in [0.15, 0.2) is 5.21 Å². The van der Waals surface area contributed by atoms with Gasteiger partial charge in [-0.1, -0.05) is 35.4 Å². The maximum absolute atomic E-state index is 10.7. The summed E-state index contributed by atoms with van der Waals surface area (Å²) in [5, 5.41) is 19.9. The highest BCUT2D eigenvalue weighted by molar-refractivity contribution is 6.32. The van der Waals surface area contributed by atoms with Gasteiger partial charge in [-0.05, 0) is 42.4 Å². The number of nitrogens with one attached hydrogen (secondary N) is 1. The highest BCUT2D eigenvalue weighted by Crippen LogP contribution is 2.41. The first-order chi connectivity index (χ1) is 11.1. The van der Waals surface area contributed by atoms with Gasteiger partial charge in [0.2, 0.25) is 0 Å². The number of H-pyrrole nitrogens is 1. The number of benzene rings is 1. The second kappa shape index (κ2) is 6.50. The molecule has 2 aromatic rings. The van der Waals surface area contributed by atoms with Crippen LogP contribution in [0.15, 0.2) is 30.4 Å². The van der Waals surface area contributed by atoms with E-state index in [0.29, 0.717) is 10.9 Å². The number of carbonyl (C=O) groups is 1. The summed E-state index contributed by atoms with van der Waals surface area (Å²) in [5.41, 5.74) is 1.94. The van der Waals surface area contributed by atoms with Crippen molar-refractivity contribution in [1.29, 1.82) is 0 Å². The van der Waals surface area contributed by atoms with Crippen LogP contribution in [-0.2, 0) is 4.79 Å². The van der Waals surface area contributed by atoms with Crippen molar-refractivity contribution in [3.05, 3.63) is 46.8 Å². The zero-order chi connectivity index (χ0) is 16.4. The third-order valence-corrected chi connectivity index (χ3v) is 4.66. The molecule has 3 rings (SSSR count). The Morgan fingerprint density at radius 1 is 1.48 bits per heavy atom. The molecule has 1 saturated carbocycles. The first kappa shape index (κ1) is 15.7. The van der Waals surface area contributed by atoms with Gasteiger partial charge in [0.05, 0.1) is 5.02 Å². The lowest BCUT2D eigenvalue weighted by molar-refractivity contribution is -0.666. The Morgan fingerprint density at radius 3 is 2.96 bits per heavy atom. The van der Waals surface area contributed by atoms with Gasteiger partial charge in [-0.15, -0.1) is 4.68 Å². The summed E-state index contributed by atoms with van der Waals surface area (Å²) >= 11 is 6.44. The molecule has 0 aliphatic heterocycles. The van der Waals surface area contributed by atoms with Crippen LogP contribution in [0.5, 0.6) is 0 Å². The number of aromatic nitrogens is 4. The first-order valence-electron chi connectivity index (χ1n) is 7.57. The third kappa shape index (κ3) is 3.27. The van der Waals surface area contributed by atoms with E-state index in [0.717, 1.165) is 36.3 Å². The van der Waals surface area contributed by atoms with E-state index >= 15 is 0 Å². The van der Waals surface area contributed by atoms with E-state index < -0.39 is 5.97 Å². The minimum atomic E-state index is -0.900. The van der Waals surface area contributed by atoms with Gasteiger partial charge in [-0.25, -0.2) is 4.79 Å². The Labute approximate surface area is 138 Å². The van der Waals surface area contributed by atoms with Gasteiger partial charge >= 0.3 is 11.8 Å². The molecular weight excluding hydrogens is 316 g/mol. The molecule has 1 aliphatic carbocycles. The Kier molecular flexibility index (Phi) is 4.43. The smallest absolute Gasteiger partial charge is 0.327 e. The quantitative estimate of drug-likeness (QED) is 0.665. The number of aryl methyl sites for hydroxylation is 1. The van der Waals surface area contributed by atoms with Crippen molar-refractivity contribution in [2.75, 3.05) is 0 Å². The number of hydrogen-bond donors (Lipinski definition) is 2. The highest BCUT2D eigenvalue weighted by Gasteiger charge is 2.27. The lowest BCUT2D eigenvalue weighted by Crippen LogP contribution is -2.36. The number of hydrogen-bond acceptors (Lipinski definition) is 3. The Hall–Kier alpha value is -2.21. The van der Waals surface area contributed by atoms with Crippen LogP contribution in [0.25, 0.3) is 5.69 Å². The molecular formula is C16H18ClN4O2+. The van der Waals surface area contributed by atoms with Crippen LogP contribution in [0.2, 0.25) is 5.02 Å². The Balaban J connectivity index is 1.88. The number of halogens is 1. The molecule has 120 valence electrons. The Morgan fingerprint density at radius 2 is 2.30 bits per heavy atom. The molecule has 0 bridgehead atoms. The number of carboxylic acids is 1. The van der Waals surface area contributed by atoms with Crippen LogP contribution in [0.3, 0.4) is 0 Å². The molecule has 1 aromatic carbocycles. The fraction of sp³-hybridized carbons (Fsp3) is 0.375. The molecule has 6 nitrogen and oxygen atoms in total. The second-order valence-electron chi connectivity index (χ2n) is 5.79. The monoisotopic (exact) mass is 333 g/mol. The lowest BCUT2D eigenvalue weighted by atomic mass is 9.88. The first-order valence-corrected chi connectivity index (χ1v) is 7.94. The van der Waals surface area contributed by atoms with Crippen molar-refractivity contribution in [3.63, 3.8) is 0 Å². The summed E-state index contributed by atoms with van der Waals surface area (Å²) < 4.78 is 1.72. The van der Waals surface area contributed by atoms with E-state index in [1.54, 1.807) is 10.8 Å². The normalized spacial score (nSPS) is 21.1. The van der Waals surface area contributed by atoms with Crippen molar-refractivity contribution in [2.45, 2.75) is 32.1 Å². The molecule has 0 spiro atoms. The topological polar surface area (TPSA) is 82.8 Å². The Bertz CT molecular complexity index is 756. The fourth-order valence-electron chi connectivity index (χ4n) is 3.26.